The van der Waals surface area contributed by atoms with E-state index in [1.807, 2.05) is 24.3 Å². The van der Waals surface area contributed by atoms with Crippen molar-refractivity contribution in [3.63, 3.8) is 0 Å². The van der Waals surface area contributed by atoms with Gasteiger partial charge in [-0.05, 0) is 43.4 Å². The molecule has 2 aromatic carbocycles. The smallest absolute Gasteiger partial charge is 0.292 e. The van der Waals surface area contributed by atoms with Crippen LogP contribution < -0.4 is 19.4 Å². The van der Waals surface area contributed by atoms with Gasteiger partial charge in [-0.3, -0.25) is 10.1 Å². The number of nitrogens with zero attached hydrogens (tertiary/aromatic N) is 5. The summed E-state index contributed by atoms with van der Waals surface area (Å²) in [6.45, 7) is 7.04. The van der Waals surface area contributed by atoms with Crippen molar-refractivity contribution >= 4 is 22.7 Å². The Hall–Kier alpha value is -3.00. The molecule has 2 fully saturated rings. The molecule has 2 saturated heterocycles. The second kappa shape index (κ2) is 8.79. The van der Waals surface area contributed by atoms with E-state index < -0.39 is 0 Å². The summed E-state index contributed by atoms with van der Waals surface area (Å²) >= 11 is 0. The van der Waals surface area contributed by atoms with E-state index in [1.54, 1.807) is 13.2 Å². The molecule has 0 radical (unpaired) electrons. The second-order valence-electron chi connectivity index (χ2n) is 7.89. The lowest BCUT2D eigenvalue weighted by atomic mass is 10.1. The van der Waals surface area contributed by atoms with Crippen LogP contribution in [0.25, 0.3) is 0 Å². The normalized spacial score (nSPS) is 17.9. The molecule has 0 spiro atoms. The fourth-order valence-corrected chi connectivity index (χ4v) is 4.18. The van der Waals surface area contributed by atoms with Crippen LogP contribution in [0, 0.1) is 10.1 Å². The van der Waals surface area contributed by atoms with Crippen molar-refractivity contribution in [3.05, 3.63) is 52.6 Å². The number of piperazine rings is 2. The largest absolute Gasteiger partial charge is 0.497 e. The van der Waals surface area contributed by atoms with E-state index in [2.05, 4.69) is 38.8 Å². The molecule has 4 rings (SSSR count). The summed E-state index contributed by atoms with van der Waals surface area (Å²) < 4.78 is 5.24. The molecule has 2 aliphatic heterocycles. The van der Waals surface area contributed by atoms with E-state index in [9.17, 15) is 10.1 Å². The monoisotopic (exact) mass is 411 g/mol. The van der Waals surface area contributed by atoms with E-state index in [-0.39, 0.29) is 10.6 Å². The quantitative estimate of drug-likeness (QED) is 0.554. The first-order chi connectivity index (χ1) is 14.5. The molecule has 0 saturated carbocycles. The van der Waals surface area contributed by atoms with E-state index in [4.69, 9.17) is 4.74 Å². The summed E-state index contributed by atoms with van der Waals surface area (Å²) in [6.07, 6.45) is 0. The van der Waals surface area contributed by atoms with E-state index in [1.165, 1.54) is 0 Å². The van der Waals surface area contributed by atoms with Crippen molar-refractivity contribution in [2.45, 2.75) is 0 Å². The lowest BCUT2D eigenvalue weighted by Gasteiger charge is -2.38. The molecule has 160 valence electrons. The Bertz CT molecular complexity index is 873. The van der Waals surface area contributed by atoms with Crippen molar-refractivity contribution in [3.8, 4) is 5.75 Å². The van der Waals surface area contributed by atoms with Crippen LogP contribution in [0.3, 0.4) is 0 Å². The molecule has 8 nitrogen and oxygen atoms in total. The fourth-order valence-electron chi connectivity index (χ4n) is 4.18. The lowest BCUT2D eigenvalue weighted by Crippen LogP contribution is -2.47. The number of likely N-dealkylation sites (N-methyl/N-ethyl adjacent to an activating group) is 1. The predicted octanol–water partition coefficient (Wildman–Crippen LogP) is 2.68. The minimum Gasteiger partial charge on any atom is -0.497 e. The van der Waals surface area contributed by atoms with Crippen molar-refractivity contribution in [1.29, 1.82) is 0 Å². The van der Waals surface area contributed by atoms with Crippen LogP contribution in [0.15, 0.2) is 42.5 Å². The number of hydrogen-bond acceptors (Lipinski definition) is 7. The Morgan fingerprint density at radius 1 is 0.800 bits per heavy atom. The van der Waals surface area contributed by atoms with Crippen LogP contribution in [-0.2, 0) is 0 Å². The Kier molecular flexibility index (Phi) is 5.94. The van der Waals surface area contributed by atoms with Gasteiger partial charge in [-0.15, -0.1) is 0 Å². The molecule has 0 N–H and O–H groups in total. The van der Waals surface area contributed by atoms with Crippen LogP contribution in [0.2, 0.25) is 0 Å². The number of anilines is 3. The zero-order chi connectivity index (χ0) is 21.1. The van der Waals surface area contributed by atoms with E-state index >= 15 is 0 Å². The molecule has 0 unspecified atom stereocenters. The highest BCUT2D eigenvalue weighted by Crippen LogP contribution is 2.34. The van der Waals surface area contributed by atoms with Gasteiger partial charge >= 0.3 is 0 Å². The molecule has 0 aliphatic carbocycles. The van der Waals surface area contributed by atoms with Crippen molar-refractivity contribution in [2.24, 2.45) is 0 Å². The van der Waals surface area contributed by atoms with Gasteiger partial charge in [0, 0.05) is 69.8 Å². The highest BCUT2D eigenvalue weighted by Gasteiger charge is 2.26. The second-order valence-corrected chi connectivity index (χ2v) is 7.89. The maximum absolute atomic E-state index is 11.7. The summed E-state index contributed by atoms with van der Waals surface area (Å²) in [7, 11) is 3.79. The topological polar surface area (TPSA) is 65.3 Å². The van der Waals surface area contributed by atoms with Gasteiger partial charge < -0.3 is 24.3 Å². The zero-order valence-corrected chi connectivity index (χ0v) is 17.7. The lowest BCUT2D eigenvalue weighted by molar-refractivity contribution is -0.384. The van der Waals surface area contributed by atoms with E-state index in [0.717, 1.165) is 75.2 Å². The third kappa shape index (κ3) is 4.28. The number of nitro groups is 1. The number of ether oxygens (including phenoxy) is 1. The van der Waals surface area contributed by atoms with E-state index in [0.29, 0.717) is 0 Å². The summed E-state index contributed by atoms with van der Waals surface area (Å²) in [4.78, 5) is 20.5. The first kappa shape index (κ1) is 20.3. The van der Waals surface area contributed by atoms with Gasteiger partial charge in [0.15, 0.2) is 0 Å². The van der Waals surface area contributed by atoms with Gasteiger partial charge in [0.25, 0.3) is 5.69 Å². The average Bonchev–Trinajstić information content (AvgIpc) is 2.79. The Labute approximate surface area is 177 Å². The molecule has 8 heteroatoms. The zero-order valence-electron chi connectivity index (χ0n) is 17.7. The third-order valence-corrected chi connectivity index (χ3v) is 6.08. The molecule has 0 atom stereocenters. The van der Waals surface area contributed by atoms with Crippen molar-refractivity contribution in [2.75, 3.05) is 81.2 Å². The van der Waals surface area contributed by atoms with Crippen LogP contribution in [0.4, 0.5) is 22.7 Å². The summed E-state index contributed by atoms with van der Waals surface area (Å²) in [5, 5.41) is 11.7. The average molecular weight is 412 g/mol. The number of rotatable bonds is 5. The standard InChI is InChI=1S/C22H29N5O3/c1-23-9-11-25(12-10-23)19-5-8-21(27(28)29)22(17-19)26-15-13-24(14-16-26)18-3-6-20(30-2)7-4-18/h3-8,17H,9-16H2,1-2H3. The number of methoxy groups -OCH3 is 1. The van der Waals surface area contributed by atoms with Gasteiger partial charge in [0.1, 0.15) is 11.4 Å². The van der Waals surface area contributed by atoms with Crippen LogP contribution in [0.5, 0.6) is 5.75 Å². The molecule has 2 aromatic rings. The Morgan fingerprint density at radius 2 is 1.33 bits per heavy atom. The number of nitro benzene ring substituents is 1. The van der Waals surface area contributed by atoms with Gasteiger partial charge in [0.05, 0.1) is 12.0 Å². The molecule has 0 aromatic heterocycles. The molecule has 2 aliphatic rings. The SMILES string of the molecule is COc1ccc(N2CCN(c3cc(N4CCN(C)CC4)ccc3[N+](=O)[O-])CC2)cc1. The Morgan fingerprint density at radius 3 is 1.93 bits per heavy atom. The predicted molar refractivity (Wildman–Crippen MR) is 120 cm³/mol. The first-order valence-electron chi connectivity index (χ1n) is 10.4. The van der Waals surface area contributed by atoms with Crippen LogP contribution >= 0.6 is 0 Å². The van der Waals surface area contributed by atoms with Crippen LogP contribution in [0.1, 0.15) is 0 Å². The maximum atomic E-state index is 11.7. The van der Waals surface area contributed by atoms with Gasteiger partial charge in [-0.1, -0.05) is 0 Å². The third-order valence-electron chi connectivity index (χ3n) is 6.08. The minimum absolute atomic E-state index is 0.186. The first-order valence-corrected chi connectivity index (χ1v) is 10.4. The minimum atomic E-state index is -0.265. The number of hydrogen-bond donors (Lipinski definition) is 0. The summed E-state index contributed by atoms with van der Waals surface area (Å²) in [6, 6.07) is 13.6. The molecule has 0 amide bonds. The van der Waals surface area contributed by atoms with Crippen molar-refractivity contribution < 1.29 is 9.66 Å². The molecular weight excluding hydrogens is 382 g/mol. The summed E-state index contributed by atoms with van der Waals surface area (Å²) in [5.74, 6) is 0.841. The Balaban J connectivity index is 1.49. The number of benzene rings is 2. The summed E-state index contributed by atoms with van der Waals surface area (Å²) in [5.41, 5.74) is 3.13. The molecule has 2 heterocycles. The molecular formula is C22H29N5O3. The highest BCUT2D eigenvalue weighted by molar-refractivity contribution is 5.71. The van der Waals surface area contributed by atoms with Gasteiger partial charge in [-0.2, -0.15) is 0 Å². The fraction of sp³-hybridized carbons (Fsp3) is 0.455. The highest BCUT2D eigenvalue weighted by atomic mass is 16.6. The molecule has 30 heavy (non-hydrogen) atoms. The van der Waals surface area contributed by atoms with Gasteiger partial charge in [-0.25, -0.2) is 0 Å². The van der Waals surface area contributed by atoms with Gasteiger partial charge in [0.2, 0.25) is 0 Å². The van der Waals surface area contributed by atoms with Crippen molar-refractivity contribution in [1.82, 2.24) is 4.90 Å². The maximum Gasteiger partial charge on any atom is 0.292 e. The molecule has 0 bridgehead atoms. The van der Waals surface area contributed by atoms with Crippen LogP contribution in [-0.4, -0.2) is 76.3 Å².